The average molecular weight is 542 g/mol. The number of Topliss-reactive ketones (excluding diaryl/α,β-unsaturated/α-hetero) is 1. The van der Waals surface area contributed by atoms with Crippen LogP contribution in [0, 0.1) is 5.92 Å². The summed E-state index contributed by atoms with van der Waals surface area (Å²) in [5.74, 6) is 0.747. The van der Waals surface area contributed by atoms with E-state index in [-0.39, 0.29) is 24.0 Å². The lowest BCUT2D eigenvalue weighted by Crippen LogP contribution is -2.29. The monoisotopic (exact) mass is 541 g/mol. The Morgan fingerprint density at radius 2 is 1.82 bits per heavy atom. The number of fused-ring (bicyclic) bond motifs is 1. The van der Waals surface area contributed by atoms with Crippen molar-refractivity contribution in [2.45, 2.75) is 52.3 Å². The van der Waals surface area contributed by atoms with Crippen LogP contribution in [-0.2, 0) is 22.6 Å². The fourth-order valence-corrected chi connectivity index (χ4v) is 5.27. The van der Waals surface area contributed by atoms with Crippen LogP contribution in [0.2, 0.25) is 0 Å². The van der Waals surface area contributed by atoms with Gasteiger partial charge in [-0.15, -0.1) is 0 Å². The molecule has 2 heterocycles. The van der Waals surface area contributed by atoms with E-state index in [1.165, 1.54) is 4.90 Å². The van der Waals surface area contributed by atoms with E-state index >= 15 is 0 Å². The molecule has 2 atom stereocenters. The molecule has 0 aliphatic carbocycles. The van der Waals surface area contributed by atoms with E-state index in [1.807, 2.05) is 49.4 Å². The Bertz CT molecular complexity index is 1440. The average Bonchev–Trinajstić information content (AvgIpc) is 3.44. The second-order valence-electron chi connectivity index (χ2n) is 10.8. The van der Waals surface area contributed by atoms with Gasteiger partial charge in [-0.1, -0.05) is 50.2 Å². The highest BCUT2D eigenvalue weighted by molar-refractivity contribution is 6.46. The molecule has 7 nitrogen and oxygen atoms in total. The topological polar surface area (TPSA) is 85.3 Å². The van der Waals surface area contributed by atoms with Crippen molar-refractivity contribution < 1.29 is 28.9 Å². The fourth-order valence-electron chi connectivity index (χ4n) is 5.27. The summed E-state index contributed by atoms with van der Waals surface area (Å²) >= 11 is 0. The number of hydrogen-bond acceptors (Lipinski definition) is 6. The highest BCUT2D eigenvalue weighted by atomic mass is 16.5. The molecule has 1 amide bonds. The normalized spacial score (nSPS) is 19.6. The predicted molar refractivity (Wildman–Crippen MR) is 152 cm³/mol. The molecule has 3 aromatic rings. The Kier molecular flexibility index (Phi) is 7.83. The molecule has 2 aliphatic heterocycles. The predicted octanol–water partition coefficient (Wildman–Crippen LogP) is 6.07. The molecule has 5 rings (SSSR count). The van der Waals surface area contributed by atoms with Gasteiger partial charge in [0.15, 0.2) is 11.5 Å². The van der Waals surface area contributed by atoms with Crippen molar-refractivity contribution in [2.75, 3.05) is 13.7 Å². The number of aliphatic hydroxyl groups is 1. The van der Waals surface area contributed by atoms with E-state index in [1.54, 1.807) is 31.4 Å². The van der Waals surface area contributed by atoms with Gasteiger partial charge in [0, 0.05) is 18.5 Å². The first-order chi connectivity index (χ1) is 19.3. The van der Waals surface area contributed by atoms with Crippen molar-refractivity contribution in [3.8, 4) is 17.2 Å². The smallest absolute Gasteiger partial charge is 0.295 e. The van der Waals surface area contributed by atoms with Crippen LogP contribution in [0.3, 0.4) is 0 Å². The van der Waals surface area contributed by atoms with Crippen molar-refractivity contribution >= 4 is 17.4 Å². The van der Waals surface area contributed by atoms with Crippen molar-refractivity contribution in [3.05, 3.63) is 94.6 Å². The fraction of sp³-hybridized carbons (Fsp3) is 0.333. The molecular formula is C33H35NO6. The maximum Gasteiger partial charge on any atom is 0.295 e. The zero-order valence-electron chi connectivity index (χ0n) is 23.3. The number of ether oxygens (including phenoxy) is 3. The molecule has 0 saturated carbocycles. The summed E-state index contributed by atoms with van der Waals surface area (Å²) in [7, 11) is 1.56. The summed E-state index contributed by atoms with van der Waals surface area (Å²) < 4.78 is 17.4. The first-order valence-corrected chi connectivity index (χ1v) is 13.7. The Morgan fingerprint density at radius 1 is 1.05 bits per heavy atom. The van der Waals surface area contributed by atoms with E-state index in [2.05, 4.69) is 13.8 Å². The second kappa shape index (κ2) is 11.5. The number of ketones is 1. The number of likely N-dealkylation sites (tertiary alicyclic amines) is 1. The molecule has 2 aliphatic rings. The van der Waals surface area contributed by atoms with Gasteiger partial charge in [-0.2, -0.15) is 0 Å². The van der Waals surface area contributed by atoms with Crippen LogP contribution in [-0.4, -0.2) is 41.5 Å². The number of hydrogen-bond donors (Lipinski definition) is 1. The summed E-state index contributed by atoms with van der Waals surface area (Å²) in [6.45, 7) is 7.00. The molecule has 40 heavy (non-hydrogen) atoms. The van der Waals surface area contributed by atoms with Gasteiger partial charge < -0.3 is 24.2 Å². The third kappa shape index (κ3) is 5.41. The summed E-state index contributed by atoms with van der Waals surface area (Å²) in [6, 6.07) is 19.4. The second-order valence-corrected chi connectivity index (χ2v) is 10.8. The lowest BCUT2D eigenvalue weighted by Gasteiger charge is -2.26. The van der Waals surface area contributed by atoms with E-state index in [0.29, 0.717) is 41.6 Å². The lowest BCUT2D eigenvalue weighted by atomic mass is 9.94. The van der Waals surface area contributed by atoms with Crippen LogP contribution >= 0.6 is 0 Å². The van der Waals surface area contributed by atoms with Crippen LogP contribution in [0.5, 0.6) is 17.2 Å². The number of amides is 1. The van der Waals surface area contributed by atoms with Crippen LogP contribution in [0.15, 0.2) is 72.3 Å². The van der Waals surface area contributed by atoms with Crippen molar-refractivity contribution in [1.82, 2.24) is 4.90 Å². The Balaban J connectivity index is 1.59. The molecule has 208 valence electrons. The number of carbonyl (C=O) groups is 2. The Morgan fingerprint density at radius 3 is 2.55 bits per heavy atom. The summed E-state index contributed by atoms with van der Waals surface area (Å²) in [5, 5.41) is 11.6. The maximum atomic E-state index is 13.5. The number of rotatable bonds is 9. The van der Waals surface area contributed by atoms with Crippen molar-refractivity contribution in [1.29, 1.82) is 0 Å². The molecular weight excluding hydrogens is 506 g/mol. The number of nitrogens with zero attached hydrogens (tertiary/aromatic N) is 1. The molecule has 2 unspecified atom stereocenters. The minimum absolute atomic E-state index is 0.0394. The third-order valence-corrected chi connectivity index (χ3v) is 7.36. The SMILES string of the molecule is COc1cc(C2/C(=C(/O)c3ccc4c(c3)CC(C)O4)C(=O)C(=O)N2Cc2ccccc2)ccc1OCCC(C)C. The number of aliphatic hydroxyl groups excluding tert-OH is 1. The van der Waals surface area contributed by atoms with Gasteiger partial charge in [0.2, 0.25) is 0 Å². The standard InChI is InChI=1S/C33H35NO6/c1-20(2)14-15-39-27-13-10-23(18-28(27)38-4)30-29(31(35)24-11-12-26-25(17-24)16-21(3)40-26)32(36)33(37)34(30)19-22-8-6-5-7-9-22/h5-13,17-18,20-21,30,35H,14-16,19H2,1-4H3/b31-29-. The summed E-state index contributed by atoms with van der Waals surface area (Å²) in [6.07, 6.45) is 1.64. The van der Waals surface area contributed by atoms with Gasteiger partial charge in [0.05, 0.1) is 25.3 Å². The minimum atomic E-state index is -0.817. The molecule has 7 heteroatoms. The summed E-state index contributed by atoms with van der Waals surface area (Å²) in [5.41, 5.74) is 2.99. The molecule has 0 spiro atoms. The first kappa shape index (κ1) is 27.3. The van der Waals surface area contributed by atoms with Gasteiger partial charge in [0.25, 0.3) is 11.7 Å². The molecule has 0 radical (unpaired) electrons. The molecule has 1 fully saturated rings. The van der Waals surface area contributed by atoms with E-state index in [9.17, 15) is 14.7 Å². The van der Waals surface area contributed by atoms with Crippen molar-refractivity contribution in [2.24, 2.45) is 5.92 Å². The lowest BCUT2D eigenvalue weighted by molar-refractivity contribution is -0.140. The third-order valence-electron chi connectivity index (χ3n) is 7.36. The maximum absolute atomic E-state index is 13.5. The van der Waals surface area contributed by atoms with E-state index in [0.717, 1.165) is 23.3 Å². The Hall–Kier alpha value is -4.26. The van der Waals surface area contributed by atoms with E-state index < -0.39 is 17.7 Å². The van der Waals surface area contributed by atoms with Crippen LogP contribution in [0.1, 0.15) is 55.5 Å². The Labute approximate surface area is 235 Å². The molecule has 0 aromatic heterocycles. The minimum Gasteiger partial charge on any atom is -0.507 e. The van der Waals surface area contributed by atoms with Crippen molar-refractivity contribution in [3.63, 3.8) is 0 Å². The highest BCUT2D eigenvalue weighted by Gasteiger charge is 2.46. The van der Waals surface area contributed by atoms with Gasteiger partial charge in [-0.3, -0.25) is 9.59 Å². The largest absolute Gasteiger partial charge is 0.507 e. The number of methoxy groups -OCH3 is 1. The van der Waals surface area contributed by atoms with E-state index in [4.69, 9.17) is 14.2 Å². The first-order valence-electron chi connectivity index (χ1n) is 13.7. The molecule has 3 aromatic carbocycles. The van der Waals surface area contributed by atoms with Crippen LogP contribution in [0.25, 0.3) is 5.76 Å². The van der Waals surface area contributed by atoms with Crippen LogP contribution < -0.4 is 14.2 Å². The van der Waals surface area contributed by atoms with Gasteiger partial charge in [-0.05, 0) is 66.3 Å². The van der Waals surface area contributed by atoms with Gasteiger partial charge in [0.1, 0.15) is 17.6 Å². The zero-order valence-corrected chi connectivity index (χ0v) is 23.3. The van der Waals surface area contributed by atoms with Gasteiger partial charge >= 0.3 is 0 Å². The number of benzene rings is 3. The zero-order chi connectivity index (χ0) is 28.4. The molecule has 1 N–H and O–H groups in total. The quantitative estimate of drug-likeness (QED) is 0.201. The molecule has 0 bridgehead atoms. The number of carbonyl (C=O) groups excluding carboxylic acids is 2. The van der Waals surface area contributed by atoms with Crippen LogP contribution in [0.4, 0.5) is 0 Å². The summed E-state index contributed by atoms with van der Waals surface area (Å²) in [4.78, 5) is 28.5. The molecule has 1 saturated heterocycles. The van der Waals surface area contributed by atoms with Gasteiger partial charge in [-0.25, -0.2) is 0 Å². The highest BCUT2D eigenvalue weighted by Crippen LogP contribution is 2.43.